The number of hydrogen-bond donors (Lipinski definition) is 2. The van der Waals surface area contributed by atoms with Crippen LogP contribution in [0.2, 0.25) is 0 Å². The van der Waals surface area contributed by atoms with Gasteiger partial charge in [0.05, 0.1) is 0 Å². The van der Waals surface area contributed by atoms with Crippen LogP contribution in [-0.4, -0.2) is 23.8 Å². The van der Waals surface area contributed by atoms with Gasteiger partial charge in [0, 0.05) is 12.1 Å². The van der Waals surface area contributed by atoms with E-state index >= 15 is 0 Å². The Hall–Kier alpha value is -0.770. The quantitative estimate of drug-likeness (QED) is 0.745. The number of ether oxygens (including phenoxy) is 1. The molecule has 17 heavy (non-hydrogen) atoms. The van der Waals surface area contributed by atoms with Gasteiger partial charge in [0.1, 0.15) is 5.60 Å². The third kappa shape index (κ3) is 8.02. The molecular weight excluding hydrogens is 216 g/mol. The molecule has 0 radical (unpaired) electrons. The molecule has 1 aliphatic rings. The summed E-state index contributed by atoms with van der Waals surface area (Å²) in [6.07, 6.45) is 3.57. The Balaban J connectivity index is 0.00000121. The molecule has 1 fully saturated rings. The van der Waals surface area contributed by atoms with E-state index < -0.39 is 5.60 Å². The van der Waals surface area contributed by atoms with Gasteiger partial charge in [0.15, 0.2) is 0 Å². The Morgan fingerprint density at radius 2 is 1.65 bits per heavy atom. The van der Waals surface area contributed by atoms with Crippen molar-refractivity contribution in [2.24, 2.45) is 5.73 Å². The molecule has 1 rings (SSSR count). The lowest BCUT2D eigenvalue weighted by atomic mass is 9.92. The van der Waals surface area contributed by atoms with E-state index in [1.54, 1.807) is 0 Å². The first kappa shape index (κ1) is 16.2. The average molecular weight is 244 g/mol. The number of alkyl carbamates (subject to hydrolysis) is 1. The molecule has 0 aliphatic heterocycles. The smallest absolute Gasteiger partial charge is 0.407 e. The van der Waals surface area contributed by atoms with Crippen LogP contribution in [0, 0.1) is 0 Å². The molecule has 1 aliphatic carbocycles. The fourth-order valence-corrected chi connectivity index (χ4v) is 1.74. The Morgan fingerprint density at radius 3 is 2.06 bits per heavy atom. The number of amides is 1. The van der Waals surface area contributed by atoms with Crippen molar-refractivity contribution in [2.45, 2.75) is 78.0 Å². The molecule has 0 heterocycles. The first-order chi connectivity index (χ1) is 7.87. The summed E-state index contributed by atoms with van der Waals surface area (Å²) in [7, 11) is 0. The van der Waals surface area contributed by atoms with Gasteiger partial charge in [-0.05, 0) is 46.5 Å². The van der Waals surface area contributed by atoms with Gasteiger partial charge in [-0.1, -0.05) is 13.8 Å². The second-order valence-electron chi connectivity index (χ2n) is 5.26. The van der Waals surface area contributed by atoms with E-state index in [4.69, 9.17) is 10.5 Å². The van der Waals surface area contributed by atoms with Crippen molar-refractivity contribution in [2.75, 3.05) is 0 Å². The Morgan fingerprint density at radius 1 is 1.18 bits per heavy atom. The predicted molar refractivity (Wildman–Crippen MR) is 70.9 cm³/mol. The van der Waals surface area contributed by atoms with E-state index in [-0.39, 0.29) is 12.1 Å². The number of carbonyl (C=O) groups excluding carboxylic acids is 1. The second kappa shape index (κ2) is 7.54. The molecule has 4 heteroatoms. The zero-order valence-electron chi connectivity index (χ0n) is 11.9. The average Bonchev–Trinajstić information content (AvgIpc) is 2.22. The van der Waals surface area contributed by atoms with Gasteiger partial charge in [-0.2, -0.15) is 0 Å². The highest BCUT2D eigenvalue weighted by Crippen LogP contribution is 2.17. The Labute approximate surface area is 105 Å². The van der Waals surface area contributed by atoms with Crippen molar-refractivity contribution < 1.29 is 9.53 Å². The first-order valence-electron chi connectivity index (χ1n) is 6.62. The molecule has 1 amide bonds. The maximum atomic E-state index is 11.4. The van der Waals surface area contributed by atoms with Gasteiger partial charge in [-0.25, -0.2) is 4.79 Å². The van der Waals surface area contributed by atoms with Crippen LogP contribution < -0.4 is 11.1 Å². The Bertz CT molecular complexity index is 216. The second-order valence-corrected chi connectivity index (χ2v) is 5.26. The topological polar surface area (TPSA) is 64.3 Å². The van der Waals surface area contributed by atoms with Crippen LogP contribution in [0.3, 0.4) is 0 Å². The van der Waals surface area contributed by atoms with Crippen LogP contribution >= 0.6 is 0 Å². The summed E-state index contributed by atoms with van der Waals surface area (Å²) in [5.41, 5.74) is 5.36. The van der Waals surface area contributed by atoms with Crippen molar-refractivity contribution in [3.8, 4) is 0 Å². The minimum absolute atomic E-state index is 0.236. The number of carbonyl (C=O) groups is 1. The third-order valence-corrected chi connectivity index (χ3v) is 2.49. The predicted octanol–water partition coefficient (Wildman–Crippen LogP) is 2.81. The van der Waals surface area contributed by atoms with Crippen LogP contribution in [0.4, 0.5) is 4.79 Å². The molecule has 0 bridgehead atoms. The van der Waals surface area contributed by atoms with Gasteiger partial charge >= 0.3 is 6.09 Å². The van der Waals surface area contributed by atoms with E-state index in [1.807, 2.05) is 34.6 Å². The molecule has 0 saturated heterocycles. The van der Waals surface area contributed by atoms with Crippen molar-refractivity contribution in [3.63, 3.8) is 0 Å². The summed E-state index contributed by atoms with van der Waals surface area (Å²) < 4.78 is 5.19. The molecule has 0 aromatic rings. The zero-order valence-corrected chi connectivity index (χ0v) is 11.9. The fraction of sp³-hybridized carbons (Fsp3) is 0.923. The van der Waals surface area contributed by atoms with Crippen molar-refractivity contribution in [1.82, 2.24) is 5.32 Å². The zero-order chi connectivity index (χ0) is 13.5. The van der Waals surface area contributed by atoms with Crippen LogP contribution in [0.5, 0.6) is 0 Å². The Kier molecular flexibility index (Phi) is 7.19. The van der Waals surface area contributed by atoms with Crippen LogP contribution in [0.1, 0.15) is 60.3 Å². The van der Waals surface area contributed by atoms with E-state index in [0.717, 1.165) is 25.7 Å². The van der Waals surface area contributed by atoms with E-state index in [0.29, 0.717) is 6.04 Å². The lowest BCUT2D eigenvalue weighted by Gasteiger charge is -2.28. The monoisotopic (exact) mass is 244 g/mol. The van der Waals surface area contributed by atoms with Crippen LogP contribution in [-0.2, 0) is 4.74 Å². The molecule has 0 aromatic heterocycles. The van der Waals surface area contributed by atoms with E-state index in [9.17, 15) is 4.79 Å². The highest BCUT2D eigenvalue weighted by atomic mass is 16.6. The number of hydrogen-bond acceptors (Lipinski definition) is 3. The largest absolute Gasteiger partial charge is 0.444 e. The molecule has 1 saturated carbocycles. The number of nitrogens with one attached hydrogen (secondary N) is 1. The van der Waals surface area contributed by atoms with Gasteiger partial charge < -0.3 is 15.8 Å². The van der Waals surface area contributed by atoms with Crippen molar-refractivity contribution >= 4 is 6.09 Å². The molecule has 4 nitrogen and oxygen atoms in total. The molecule has 0 atom stereocenters. The van der Waals surface area contributed by atoms with Gasteiger partial charge in [0.25, 0.3) is 0 Å². The summed E-state index contributed by atoms with van der Waals surface area (Å²) in [4.78, 5) is 11.4. The fourth-order valence-electron chi connectivity index (χ4n) is 1.74. The maximum absolute atomic E-state index is 11.4. The molecule has 0 unspecified atom stereocenters. The number of nitrogens with two attached hydrogens (primary N) is 1. The number of rotatable bonds is 1. The van der Waals surface area contributed by atoms with Gasteiger partial charge in [-0.15, -0.1) is 0 Å². The summed E-state index contributed by atoms with van der Waals surface area (Å²) in [5.74, 6) is 0. The van der Waals surface area contributed by atoms with E-state index in [1.165, 1.54) is 0 Å². The molecular formula is C13H28N2O2. The standard InChI is InChI=1S/C11H22N2O2.C2H6/c1-11(2,3)15-10(14)13-9-6-4-8(12)5-7-9;1-2/h8-9H,4-7,12H2,1-3H3,(H,13,14);1-2H3. The first-order valence-corrected chi connectivity index (χ1v) is 6.62. The molecule has 0 aromatic carbocycles. The minimum Gasteiger partial charge on any atom is -0.444 e. The van der Waals surface area contributed by atoms with Gasteiger partial charge in [0.2, 0.25) is 0 Å². The summed E-state index contributed by atoms with van der Waals surface area (Å²) in [6.45, 7) is 9.59. The lowest BCUT2D eigenvalue weighted by molar-refractivity contribution is 0.0491. The third-order valence-electron chi connectivity index (χ3n) is 2.49. The summed E-state index contributed by atoms with van der Waals surface area (Å²) in [5, 5.41) is 2.88. The van der Waals surface area contributed by atoms with Crippen LogP contribution in [0.15, 0.2) is 0 Å². The van der Waals surface area contributed by atoms with Gasteiger partial charge in [-0.3, -0.25) is 0 Å². The normalized spacial score (nSPS) is 24.4. The van der Waals surface area contributed by atoms with Crippen molar-refractivity contribution in [1.29, 1.82) is 0 Å². The molecule has 0 spiro atoms. The minimum atomic E-state index is -0.421. The van der Waals surface area contributed by atoms with E-state index in [2.05, 4.69) is 5.32 Å². The molecule has 102 valence electrons. The maximum Gasteiger partial charge on any atom is 0.407 e. The SMILES string of the molecule is CC.CC(C)(C)OC(=O)NC1CCC(N)CC1. The highest BCUT2D eigenvalue weighted by molar-refractivity contribution is 5.68. The summed E-state index contributed by atoms with van der Waals surface area (Å²) >= 11 is 0. The molecule has 3 N–H and O–H groups in total. The highest BCUT2D eigenvalue weighted by Gasteiger charge is 2.22. The lowest BCUT2D eigenvalue weighted by Crippen LogP contribution is -2.42. The van der Waals surface area contributed by atoms with Crippen LogP contribution in [0.25, 0.3) is 0 Å². The van der Waals surface area contributed by atoms with Crippen molar-refractivity contribution in [3.05, 3.63) is 0 Å². The summed E-state index contributed by atoms with van der Waals surface area (Å²) in [6, 6.07) is 0.543.